The van der Waals surface area contributed by atoms with E-state index in [1.165, 1.54) is 11.1 Å². The maximum Gasteiger partial charge on any atom is 0.234 e. The molecular weight excluding hydrogens is 184 g/mol. The Morgan fingerprint density at radius 2 is 2.38 bits per heavy atom. The molecule has 3 N–H and O–H groups in total. The van der Waals surface area contributed by atoms with Crippen LogP contribution in [0, 0.1) is 6.92 Å². The minimum atomic E-state index is -0.312. The predicted octanol–water partition coefficient (Wildman–Crippen LogP) is 1.02. The van der Waals surface area contributed by atoms with Crippen molar-refractivity contribution in [1.82, 2.24) is 5.32 Å². The van der Waals surface area contributed by atoms with Crippen LogP contribution in [0.2, 0.25) is 0 Å². The fourth-order valence-electron chi connectivity index (χ4n) is 0.932. The van der Waals surface area contributed by atoms with Gasteiger partial charge in [0.25, 0.3) is 0 Å². The SMILES string of the molecule is Cc1cscc1CNC(C)C(N)=O. The smallest absolute Gasteiger partial charge is 0.234 e. The second-order valence-electron chi connectivity index (χ2n) is 3.08. The van der Waals surface area contributed by atoms with Gasteiger partial charge in [0.2, 0.25) is 5.91 Å². The predicted molar refractivity (Wildman–Crippen MR) is 54.6 cm³/mol. The Labute approximate surface area is 81.9 Å². The van der Waals surface area contributed by atoms with Crippen LogP contribution in [-0.4, -0.2) is 11.9 Å². The van der Waals surface area contributed by atoms with Crippen molar-refractivity contribution in [3.05, 3.63) is 21.9 Å². The molecule has 3 nitrogen and oxygen atoms in total. The largest absolute Gasteiger partial charge is 0.368 e. The van der Waals surface area contributed by atoms with Crippen LogP contribution in [0.15, 0.2) is 10.8 Å². The minimum Gasteiger partial charge on any atom is -0.368 e. The Morgan fingerprint density at radius 3 is 2.85 bits per heavy atom. The van der Waals surface area contributed by atoms with Crippen molar-refractivity contribution in [1.29, 1.82) is 0 Å². The number of aryl methyl sites for hydroxylation is 1. The van der Waals surface area contributed by atoms with Crippen molar-refractivity contribution in [2.45, 2.75) is 26.4 Å². The average molecular weight is 198 g/mol. The molecule has 0 fully saturated rings. The normalized spacial score (nSPS) is 12.8. The lowest BCUT2D eigenvalue weighted by molar-refractivity contribution is -0.119. The standard InChI is InChI=1S/C9H14N2OS/c1-6-4-13-5-8(6)3-11-7(2)9(10)12/h4-5,7,11H,3H2,1-2H3,(H2,10,12). The number of nitrogens with two attached hydrogens (primary N) is 1. The van der Waals surface area contributed by atoms with Gasteiger partial charge in [0.15, 0.2) is 0 Å². The number of primary amides is 1. The molecule has 1 rings (SSSR count). The van der Waals surface area contributed by atoms with Crippen LogP contribution in [0.5, 0.6) is 0 Å². The number of rotatable bonds is 4. The van der Waals surface area contributed by atoms with E-state index in [4.69, 9.17) is 5.73 Å². The van der Waals surface area contributed by atoms with Crippen LogP contribution in [0.3, 0.4) is 0 Å². The summed E-state index contributed by atoms with van der Waals surface area (Å²) in [6, 6.07) is -0.265. The highest BCUT2D eigenvalue weighted by molar-refractivity contribution is 7.08. The van der Waals surface area contributed by atoms with Crippen LogP contribution in [0.25, 0.3) is 0 Å². The van der Waals surface area contributed by atoms with Crippen molar-refractivity contribution < 1.29 is 4.79 Å². The molecule has 0 radical (unpaired) electrons. The van der Waals surface area contributed by atoms with Gasteiger partial charge in [-0.15, -0.1) is 0 Å². The Balaban J connectivity index is 2.44. The maximum absolute atomic E-state index is 10.7. The van der Waals surface area contributed by atoms with E-state index in [0.717, 1.165) is 0 Å². The second kappa shape index (κ2) is 4.39. The molecule has 1 aromatic heterocycles. The quantitative estimate of drug-likeness (QED) is 0.759. The number of amides is 1. The molecule has 0 aliphatic carbocycles. The van der Waals surface area contributed by atoms with Crippen LogP contribution < -0.4 is 11.1 Å². The fourth-order valence-corrected chi connectivity index (χ4v) is 1.79. The molecule has 1 unspecified atom stereocenters. The molecule has 0 bridgehead atoms. The van der Waals surface area contributed by atoms with Gasteiger partial charge in [-0.1, -0.05) is 0 Å². The molecule has 0 saturated heterocycles. The summed E-state index contributed by atoms with van der Waals surface area (Å²) in [5.74, 6) is -0.312. The molecule has 1 atom stereocenters. The molecule has 0 aliphatic heterocycles. The number of nitrogens with one attached hydrogen (secondary N) is 1. The molecule has 0 spiro atoms. The van der Waals surface area contributed by atoms with Crippen molar-refractivity contribution in [2.75, 3.05) is 0 Å². The molecule has 1 amide bonds. The molecule has 1 aromatic rings. The van der Waals surface area contributed by atoms with E-state index >= 15 is 0 Å². The number of thiophene rings is 1. The molecule has 0 aromatic carbocycles. The summed E-state index contributed by atoms with van der Waals surface area (Å²) in [4.78, 5) is 10.7. The van der Waals surface area contributed by atoms with Crippen molar-refractivity contribution in [3.63, 3.8) is 0 Å². The van der Waals surface area contributed by atoms with Gasteiger partial charge in [-0.25, -0.2) is 0 Å². The lowest BCUT2D eigenvalue weighted by Crippen LogP contribution is -2.38. The molecule has 1 heterocycles. The van der Waals surface area contributed by atoms with Gasteiger partial charge in [-0.2, -0.15) is 11.3 Å². The monoisotopic (exact) mass is 198 g/mol. The van der Waals surface area contributed by atoms with E-state index in [1.807, 2.05) is 0 Å². The van der Waals surface area contributed by atoms with Crippen LogP contribution in [0.1, 0.15) is 18.1 Å². The van der Waals surface area contributed by atoms with E-state index in [0.29, 0.717) is 6.54 Å². The van der Waals surface area contributed by atoms with Gasteiger partial charge < -0.3 is 11.1 Å². The van der Waals surface area contributed by atoms with Gasteiger partial charge in [-0.3, -0.25) is 4.79 Å². The third-order valence-corrected chi connectivity index (χ3v) is 2.90. The maximum atomic E-state index is 10.7. The fraction of sp³-hybridized carbons (Fsp3) is 0.444. The molecule has 0 aliphatic rings. The van der Waals surface area contributed by atoms with E-state index in [9.17, 15) is 4.79 Å². The summed E-state index contributed by atoms with van der Waals surface area (Å²) in [6.45, 7) is 4.53. The molecule has 0 saturated carbocycles. The van der Waals surface area contributed by atoms with Crippen molar-refractivity contribution >= 4 is 17.2 Å². The molecule has 4 heteroatoms. The van der Waals surface area contributed by atoms with Gasteiger partial charge in [0, 0.05) is 6.54 Å². The van der Waals surface area contributed by atoms with Crippen molar-refractivity contribution in [3.8, 4) is 0 Å². The van der Waals surface area contributed by atoms with Crippen LogP contribution in [0.4, 0.5) is 0 Å². The topological polar surface area (TPSA) is 55.1 Å². The molecule has 72 valence electrons. The first-order valence-corrected chi connectivity index (χ1v) is 5.10. The van der Waals surface area contributed by atoms with E-state index in [-0.39, 0.29) is 11.9 Å². The highest BCUT2D eigenvalue weighted by Crippen LogP contribution is 2.12. The van der Waals surface area contributed by atoms with Gasteiger partial charge in [-0.05, 0) is 35.7 Å². The Morgan fingerprint density at radius 1 is 1.69 bits per heavy atom. The number of carbonyl (C=O) groups is 1. The number of carbonyl (C=O) groups excluding carboxylic acids is 1. The zero-order chi connectivity index (χ0) is 9.84. The third kappa shape index (κ3) is 2.82. The van der Waals surface area contributed by atoms with Crippen LogP contribution >= 0.6 is 11.3 Å². The summed E-state index contributed by atoms with van der Waals surface area (Å²) >= 11 is 1.67. The van der Waals surface area contributed by atoms with Gasteiger partial charge in [0.05, 0.1) is 6.04 Å². The first-order chi connectivity index (χ1) is 6.11. The van der Waals surface area contributed by atoms with Gasteiger partial charge >= 0.3 is 0 Å². The zero-order valence-electron chi connectivity index (χ0n) is 7.83. The molecule has 13 heavy (non-hydrogen) atoms. The highest BCUT2D eigenvalue weighted by Gasteiger charge is 2.07. The zero-order valence-corrected chi connectivity index (χ0v) is 8.65. The first-order valence-electron chi connectivity index (χ1n) is 4.15. The van der Waals surface area contributed by atoms with Crippen molar-refractivity contribution in [2.24, 2.45) is 5.73 Å². The number of hydrogen-bond donors (Lipinski definition) is 2. The first kappa shape index (κ1) is 10.2. The summed E-state index contributed by atoms with van der Waals surface area (Å²) < 4.78 is 0. The van der Waals surface area contributed by atoms with E-state index < -0.39 is 0 Å². The van der Waals surface area contributed by atoms with Gasteiger partial charge in [0.1, 0.15) is 0 Å². The summed E-state index contributed by atoms with van der Waals surface area (Å²) in [6.07, 6.45) is 0. The van der Waals surface area contributed by atoms with Crippen LogP contribution in [-0.2, 0) is 11.3 Å². The second-order valence-corrected chi connectivity index (χ2v) is 3.83. The van der Waals surface area contributed by atoms with E-state index in [1.54, 1.807) is 18.3 Å². The highest BCUT2D eigenvalue weighted by atomic mass is 32.1. The lowest BCUT2D eigenvalue weighted by atomic mass is 10.2. The number of hydrogen-bond acceptors (Lipinski definition) is 3. The Bertz CT molecular complexity index is 296. The summed E-state index contributed by atoms with van der Waals surface area (Å²) in [5, 5.41) is 7.23. The Hall–Kier alpha value is -0.870. The average Bonchev–Trinajstić information content (AvgIpc) is 2.47. The van der Waals surface area contributed by atoms with E-state index in [2.05, 4.69) is 23.0 Å². The summed E-state index contributed by atoms with van der Waals surface area (Å²) in [5.41, 5.74) is 7.61. The summed E-state index contributed by atoms with van der Waals surface area (Å²) in [7, 11) is 0. The molecular formula is C9H14N2OS. The Kier molecular flexibility index (Phi) is 3.45. The minimum absolute atomic E-state index is 0.265. The third-order valence-electron chi connectivity index (χ3n) is 1.99. The lowest BCUT2D eigenvalue weighted by Gasteiger charge is -2.09.